The lowest BCUT2D eigenvalue weighted by molar-refractivity contribution is 0.0237. The first-order chi connectivity index (χ1) is 7.17. The lowest BCUT2D eigenvalue weighted by atomic mass is 9.95. The minimum atomic E-state index is -0.114. The summed E-state index contributed by atoms with van der Waals surface area (Å²) < 4.78 is 0. The van der Waals surface area contributed by atoms with E-state index in [0.717, 1.165) is 37.3 Å². The van der Waals surface area contributed by atoms with Crippen molar-refractivity contribution in [1.82, 2.24) is 4.90 Å². The van der Waals surface area contributed by atoms with Gasteiger partial charge in [0.15, 0.2) is 0 Å². The van der Waals surface area contributed by atoms with Crippen molar-refractivity contribution in [2.45, 2.75) is 39.2 Å². The Balaban J connectivity index is 2.31. The molecule has 3 atom stereocenters. The maximum absolute atomic E-state index is 9.81. The third kappa shape index (κ3) is 4.41. The SMILES string of the molecule is CCCC(CBr)CN1CCC(C)C(O)C1. The molecule has 0 aromatic heterocycles. The number of alkyl halides is 1. The Morgan fingerprint density at radius 2 is 2.27 bits per heavy atom. The Hall–Kier alpha value is 0.400. The van der Waals surface area contributed by atoms with Gasteiger partial charge in [0.2, 0.25) is 0 Å². The van der Waals surface area contributed by atoms with E-state index in [1.165, 1.54) is 12.8 Å². The molecule has 1 fully saturated rings. The van der Waals surface area contributed by atoms with E-state index in [2.05, 4.69) is 34.7 Å². The molecule has 1 N–H and O–H groups in total. The Morgan fingerprint density at radius 3 is 2.80 bits per heavy atom. The van der Waals surface area contributed by atoms with E-state index in [1.807, 2.05) is 0 Å². The number of halogens is 1. The Kier molecular flexibility index (Phi) is 6.17. The summed E-state index contributed by atoms with van der Waals surface area (Å²) >= 11 is 3.58. The lowest BCUT2D eigenvalue weighted by Crippen LogP contribution is -2.44. The molecular formula is C12H24BrNO. The fraction of sp³-hybridized carbons (Fsp3) is 1.00. The van der Waals surface area contributed by atoms with Gasteiger partial charge in [-0.05, 0) is 31.2 Å². The second kappa shape index (κ2) is 6.87. The van der Waals surface area contributed by atoms with Gasteiger partial charge in [-0.3, -0.25) is 0 Å². The van der Waals surface area contributed by atoms with Crippen molar-refractivity contribution in [2.24, 2.45) is 11.8 Å². The van der Waals surface area contributed by atoms with E-state index in [-0.39, 0.29) is 6.10 Å². The summed E-state index contributed by atoms with van der Waals surface area (Å²) in [5.74, 6) is 1.23. The molecule has 0 spiro atoms. The second-order valence-corrected chi connectivity index (χ2v) is 5.55. The first-order valence-corrected chi connectivity index (χ1v) is 7.25. The van der Waals surface area contributed by atoms with Crippen molar-refractivity contribution in [3.8, 4) is 0 Å². The molecule has 1 rings (SSSR count). The Morgan fingerprint density at radius 1 is 1.53 bits per heavy atom. The average Bonchev–Trinajstić information content (AvgIpc) is 2.23. The van der Waals surface area contributed by atoms with E-state index in [9.17, 15) is 5.11 Å². The van der Waals surface area contributed by atoms with Crippen LogP contribution in [-0.4, -0.2) is 41.1 Å². The zero-order valence-electron chi connectivity index (χ0n) is 9.95. The van der Waals surface area contributed by atoms with Gasteiger partial charge in [0.1, 0.15) is 0 Å². The van der Waals surface area contributed by atoms with Gasteiger partial charge < -0.3 is 10.0 Å². The number of nitrogens with zero attached hydrogens (tertiary/aromatic N) is 1. The summed E-state index contributed by atoms with van der Waals surface area (Å²) in [4.78, 5) is 2.42. The molecule has 90 valence electrons. The molecule has 1 saturated heterocycles. The second-order valence-electron chi connectivity index (χ2n) is 4.90. The van der Waals surface area contributed by atoms with Crippen LogP contribution in [0, 0.1) is 11.8 Å². The van der Waals surface area contributed by atoms with Crippen LogP contribution in [0.3, 0.4) is 0 Å². The summed E-state index contributed by atoms with van der Waals surface area (Å²) in [5.41, 5.74) is 0. The van der Waals surface area contributed by atoms with Crippen molar-refractivity contribution < 1.29 is 5.11 Å². The molecule has 1 aliphatic rings. The predicted octanol–water partition coefficient (Wildman–Crippen LogP) is 2.50. The number of piperidine rings is 1. The van der Waals surface area contributed by atoms with Crippen LogP contribution in [0.5, 0.6) is 0 Å². The van der Waals surface area contributed by atoms with Crippen molar-refractivity contribution in [1.29, 1.82) is 0 Å². The number of hydrogen-bond donors (Lipinski definition) is 1. The van der Waals surface area contributed by atoms with Crippen molar-refractivity contribution in [3.05, 3.63) is 0 Å². The molecule has 0 aromatic carbocycles. The van der Waals surface area contributed by atoms with Crippen LogP contribution in [0.25, 0.3) is 0 Å². The van der Waals surface area contributed by atoms with E-state index in [1.54, 1.807) is 0 Å². The highest BCUT2D eigenvalue weighted by atomic mass is 79.9. The maximum Gasteiger partial charge on any atom is 0.0693 e. The van der Waals surface area contributed by atoms with E-state index >= 15 is 0 Å². The maximum atomic E-state index is 9.81. The summed E-state index contributed by atoms with van der Waals surface area (Å²) in [5, 5.41) is 10.9. The minimum Gasteiger partial charge on any atom is -0.392 e. The lowest BCUT2D eigenvalue weighted by Gasteiger charge is -2.36. The number of β-amino-alcohol motifs (C(OH)–C–C–N with tert-alkyl or cyclic N) is 1. The Labute approximate surface area is 102 Å². The number of hydrogen-bond acceptors (Lipinski definition) is 2. The highest BCUT2D eigenvalue weighted by molar-refractivity contribution is 9.09. The average molecular weight is 278 g/mol. The van der Waals surface area contributed by atoms with Gasteiger partial charge in [-0.15, -0.1) is 0 Å². The number of aliphatic hydroxyl groups is 1. The van der Waals surface area contributed by atoms with Crippen LogP contribution in [0.15, 0.2) is 0 Å². The summed E-state index contributed by atoms with van der Waals surface area (Å²) in [6, 6.07) is 0. The van der Waals surface area contributed by atoms with Gasteiger partial charge in [-0.1, -0.05) is 36.2 Å². The van der Waals surface area contributed by atoms with Crippen LogP contribution in [-0.2, 0) is 0 Å². The zero-order valence-corrected chi connectivity index (χ0v) is 11.5. The summed E-state index contributed by atoms with van der Waals surface area (Å²) in [6.45, 7) is 7.56. The highest BCUT2D eigenvalue weighted by Crippen LogP contribution is 2.19. The van der Waals surface area contributed by atoms with Gasteiger partial charge in [0.25, 0.3) is 0 Å². The molecule has 1 heterocycles. The van der Waals surface area contributed by atoms with Crippen LogP contribution < -0.4 is 0 Å². The number of aliphatic hydroxyl groups excluding tert-OH is 1. The van der Waals surface area contributed by atoms with E-state index < -0.39 is 0 Å². The monoisotopic (exact) mass is 277 g/mol. The predicted molar refractivity (Wildman–Crippen MR) is 68.4 cm³/mol. The third-order valence-electron chi connectivity index (χ3n) is 3.43. The molecule has 0 radical (unpaired) electrons. The topological polar surface area (TPSA) is 23.5 Å². The zero-order chi connectivity index (χ0) is 11.3. The molecule has 0 aliphatic carbocycles. The van der Waals surface area contributed by atoms with Crippen LogP contribution in [0.4, 0.5) is 0 Å². The van der Waals surface area contributed by atoms with Gasteiger partial charge in [0, 0.05) is 18.4 Å². The van der Waals surface area contributed by atoms with Crippen molar-refractivity contribution in [3.63, 3.8) is 0 Å². The molecule has 0 bridgehead atoms. The van der Waals surface area contributed by atoms with Gasteiger partial charge in [0.05, 0.1) is 6.10 Å². The van der Waals surface area contributed by atoms with Gasteiger partial charge in [-0.25, -0.2) is 0 Å². The standard InChI is InChI=1S/C12H24BrNO/c1-3-4-11(7-13)8-14-6-5-10(2)12(15)9-14/h10-12,15H,3-9H2,1-2H3. The van der Waals surface area contributed by atoms with Crippen LogP contribution in [0.2, 0.25) is 0 Å². The Bertz CT molecular complexity index is 177. The number of rotatable bonds is 5. The quantitative estimate of drug-likeness (QED) is 0.781. The first kappa shape index (κ1) is 13.5. The smallest absolute Gasteiger partial charge is 0.0693 e. The van der Waals surface area contributed by atoms with Crippen molar-refractivity contribution in [2.75, 3.05) is 25.0 Å². The summed E-state index contributed by atoms with van der Waals surface area (Å²) in [7, 11) is 0. The fourth-order valence-corrected chi connectivity index (χ4v) is 2.80. The van der Waals surface area contributed by atoms with Crippen molar-refractivity contribution >= 4 is 15.9 Å². The van der Waals surface area contributed by atoms with Gasteiger partial charge in [-0.2, -0.15) is 0 Å². The molecule has 0 amide bonds. The molecule has 0 saturated carbocycles. The molecule has 1 aliphatic heterocycles. The van der Waals surface area contributed by atoms with Crippen LogP contribution in [0.1, 0.15) is 33.1 Å². The molecule has 2 nitrogen and oxygen atoms in total. The molecule has 3 heteroatoms. The summed E-state index contributed by atoms with van der Waals surface area (Å²) in [6.07, 6.45) is 3.56. The fourth-order valence-electron chi connectivity index (χ4n) is 2.27. The molecule has 15 heavy (non-hydrogen) atoms. The third-order valence-corrected chi connectivity index (χ3v) is 4.35. The van der Waals surface area contributed by atoms with Crippen LogP contribution >= 0.6 is 15.9 Å². The molecular weight excluding hydrogens is 254 g/mol. The largest absolute Gasteiger partial charge is 0.392 e. The normalized spacial score (nSPS) is 30.4. The minimum absolute atomic E-state index is 0.114. The first-order valence-electron chi connectivity index (χ1n) is 6.13. The van der Waals surface area contributed by atoms with Gasteiger partial charge >= 0.3 is 0 Å². The van der Waals surface area contributed by atoms with E-state index in [0.29, 0.717) is 5.92 Å². The molecule has 0 aromatic rings. The number of likely N-dealkylation sites (tertiary alicyclic amines) is 1. The molecule has 3 unspecified atom stereocenters. The highest BCUT2D eigenvalue weighted by Gasteiger charge is 2.25. The van der Waals surface area contributed by atoms with E-state index in [4.69, 9.17) is 0 Å².